The molecule has 126 valence electrons. The van der Waals surface area contributed by atoms with Crippen molar-refractivity contribution in [2.45, 2.75) is 53.2 Å². The van der Waals surface area contributed by atoms with Gasteiger partial charge in [-0.3, -0.25) is 9.59 Å². The summed E-state index contributed by atoms with van der Waals surface area (Å²) in [6, 6.07) is -0.595. The van der Waals surface area contributed by atoms with E-state index in [1.165, 1.54) is 6.08 Å². The molecule has 0 saturated heterocycles. The number of hydrogen-bond donors (Lipinski definition) is 3. The van der Waals surface area contributed by atoms with Crippen molar-refractivity contribution < 1.29 is 24.2 Å². The van der Waals surface area contributed by atoms with Crippen LogP contribution >= 0.6 is 0 Å². The summed E-state index contributed by atoms with van der Waals surface area (Å²) in [5.74, 6) is -2.11. The summed E-state index contributed by atoms with van der Waals surface area (Å²) in [7, 11) is 0. The van der Waals surface area contributed by atoms with E-state index >= 15 is 0 Å². The zero-order valence-corrected chi connectivity index (χ0v) is 14.0. The average Bonchev–Trinajstić information content (AvgIpc) is 2.30. The Hall–Kier alpha value is -2.05. The smallest absolute Gasteiger partial charge is 0.329 e. The Morgan fingerprint density at radius 3 is 2.18 bits per heavy atom. The number of carboxylic acids is 1. The number of carboxylic acid groups (broad SMARTS) is 1. The van der Waals surface area contributed by atoms with Gasteiger partial charge in [0.05, 0.1) is 0 Å². The van der Waals surface area contributed by atoms with Crippen molar-refractivity contribution >= 4 is 17.8 Å². The van der Waals surface area contributed by atoms with Crippen LogP contribution in [-0.2, 0) is 19.1 Å². The van der Waals surface area contributed by atoms with Gasteiger partial charge in [-0.1, -0.05) is 13.8 Å². The van der Waals surface area contributed by atoms with E-state index in [-0.39, 0.29) is 5.92 Å². The number of nitrogens with one attached hydrogen (secondary N) is 2. The highest BCUT2D eigenvalue weighted by atomic mass is 16.6. The molecule has 0 aromatic carbocycles. The molecular formula is C15H26N2O5. The lowest BCUT2D eigenvalue weighted by Crippen LogP contribution is -2.44. The predicted molar refractivity (Wildman–Crippen MR) is 82.0 cm³/mol. The zero-order valence-electron chi connectivity index (χ0n) is 14.0. The Bertz CT molecular complexity index is 449. The number of aliphatic carboxylic acids is 1. The summed E-state index contributed by atoms with van der Waals surface area (Å²) in [5, 5.41) is 13.6. The van der Waals surface area contributed by atoms with E-state index in [2.05, 4.69) is 10.6 Å². The molecule has 0 aliphatic rings. The largest absolute Gasteiger partial charge is 0.480 e. The molecule has 3 N–H and O–H groups in total. The van der Waals surface area contributed by atoms with Crippen LogP contribution in [0.1, 0.15) is 41.5 Å². The first-order valence-electron chi connectivity index (χ1n) is 7.09. The van der Waals surface area contributed by atoms with Crippen LogP contribution in [0.15, 0.2) is 11.8 Å². The number of amides is 1. The van der Waals surface area contributed by atoms with Crippen LogP contribution in [0, 0.1) is 5.92 Å². The van der Waals surface area contributed by atoms with E-state index in [0.29, 0.717) is 5.70 Å². The molecule has 0 rings (SSSR count). The Morgan fingerprint density at radius 2 is 1.77 bits per heavy atom. The van der Waals surface area contributed by atoms with Gasteiger partial charge >= 0.3 is 11.9 Å². The summed E-state index contributed by atoms with van der Waals surface area (Å²) >= 11 is 0. The molecule has 7 nitrogen and oxygen atoms in total. The van der Waals surface area contributed by atoms with Crippen LogP contribution < -0.4 is 10.6 Å². The summed E-state index contributed by atoms with van der Waals surface area (Å²) in [4.78, 5) is 34.0. The molecule has 0 aromatic heterocycles. The van der Waals surface area contributed by atoms with Crippen LogP contribution in [0.3, 0.4) is 0 Å². The van der Waals surface area contributed by atoms with Gasteiger partial charge in [-0.25, -0.2) is 4.79 Å². The van der Waals surface area contributed by atoms with E-state index in [1.54, 1.807) is 27.7 Å². The highest BCUT2D eigenvalue weighted by Gasteiger charge is 2.27. The monoisotopic (exact) mass is 314 g/mol. The van der Waals surface area contributed by atoms with Gasteiger partial charge in [0.25, 0.3) is 0 Å². The van der Waals surface area contributed by atoms with Crippen LogP contribution in [-0.4, -0.2) is 41.1 Å². The first-order valence-corrected chi connectivity index (χ1v) is 7.09. The fraction of sp³-hybridized carbons (Fsp3) is 0.667. The first kappa shape index (κ1) is 19.9. The third-order valence-electron chi connectivity index (χ3n) is 2.47. The van der Waals surface area contributed by atoms with E-state index in [9.17, 15) is 14.4 Å². The fourth-order valence-electron chi connectivity index (χ4n) is 1.56. The standard InChI is InChI=1S/C15H26N2O5/c1-9(2)13(14(21)22-15(4,5)6)17-10(3)7-11(18)16-8-12(19)20/h7,9,13,17H,8H2,1-6H3,(H,16,18)(H,19,20)/t13-/m0/s1. The Balaban J connectivity index is 4.77. The van der Waals surface area contributed by atoms with Crippen molar-refractivity contribution in [2.24, 2.45) is 5.92 Å². The van der Waals surface area contributed by atoms with Crippen molar-refractivity contribution in [3.63, 3.8) is 0 Å². The van der Waals surface area contributed by atoms with Crippen LogP contribution in [0.25, 0.3) is 0 Å². The second-order valence-electron chi connectivity index (χ2n) is 6.34. The van der Waals surface area contributed by atoms with Crippen molar-refractivity contribution in [2.75, 3.05) is 6.54 Å². The Morgan fingerprint density at radius 1 is 1.23 bits per heavy atom. The Labute approximate surface area is 131 Å². The lowest BCUT2D eigenvalue weighted by atomic mass is 10.0. The summed E-state index contributed by atoms with van der Waals surface area (Å²) in [6.07, 6.45) is 1.21. The molecule has 22 heavy (non-hydrogen) atoms. The Kier molecular flexibility index (Phi) is 7.62. The topological polar surface area (TPSA) is 105 Å². The van der Waals surface area contributed by atoms with Gasteiger partial charge in [0.2, 0.25) is 5.91 Å². The number of ether oxygens (including phenoxy) is 1. The fourth-order valence-corrected chi connectivity index (χ4v) is 1.56. The van der Waals surface area contributed by atoms with E-state index < -0.39 is 36.0 Å². The molecular weight excluding hydrogens is 288 g/mol. The van der Waals surface area contributed by atoms with E-state index in [0.717, 1.165) is 0 Å². The van der Waals surface area contributed by atoms with Gasteiger partial charge < -0.3 is 20.5 Å². The molecule has 0 aliphatic heterocycles. The van der Waals surface area contributed by atoms with Crippen molar-refractivity contribution in [1.29, 1.82) is 0 Å². The van der Waals surface area contributed by atoms with Gasteiger partial charge in [-0.15, -0.1) is 0 Å². The number of esters is 1. The maximum atomic E-state index is 12.1. The molecule has 1 amide bonds. The molecule has 0 aromatic rings. The molecule has 0 aliphatic carbocycles. The van der Waals surface area contributed by atoms with E-state index in [4.69, 9.17) is 9.84 Å². The lowest BCUT2D eigenvalue weighted by molar-refractivity contribution is -0.158. The summed E-state index contributed by atoms with van der Waals surface area (Å²) < 4.78 is 5.34. The SMILES string of the molecule is CC(=CC(=O)NCC(=O)O)N[C@H](C(=O)OC(C)(C)C)C(C)C. The molecule has 0 heterocycles. The molecule has 7 heteroatoms. The van der Waals surface area contributed by atoms with Gasteiger partial charge in [0.15, 0.2) is 0 Å². The molecule has 0 fully saturated rings. The van der Waals surface area contributed by atoms with E-state index in [1.807, 2.05) is 13.8 Å². The normalized spacial score (nSPS) is 13.5. The highest BCUT2D eigenvalue weighted by molar-refractivity contribution is 5.90. The first-order chi connectivity index (χ1) is 9.92. The second kappa shape index (κ2) is 8.41. The molecule has 0 spiro atoms. The summed E-state index contributed by atoms with van der Waals surface area (Å²) in [5.41, 5.74) is -0.144. The third kappa shape index (κ3) is 8.99. The minimum absolute atomic E-state index is 0.0414. The molecule has 0 unspecified atom stereocenters. The number of allylic oxidation sites excluding steroid dienone is 1. The van der Waals surface area contributed by atoms with Gasteiger partial charge in [0, 0.05) is 11.8 Å². The van der Waals surface area contributed by atoms with Gasteiger partial charge in [0.1, 0.15) is 18.2 Å². The second-order valence-corrected chi connectivity index (χ2v) is 6.34. The molecule has 0 radical (unpaired) electrons. The number of carbonyl (C=O) groups excluding carboxylic acids is 2. The number of rotatable bonds is 7. The number of hydrogen-bond acceptors (Lipinski definition) is 5. The molecule has 0 saturated carbocycles. The van der Waals surface area contributed by atoms with Gasteiger partial charge in [-0.05, 0) is 33.6 Å². The quantitative estimate of drug-likeness (QED) is 0.479. The minimum atomic E-state index is -1.12. The summed E-state index contributed by atoms with van der Waals surface area (Å²) in [6.45, 7) is 10.2. The van der Waals surface area contributed by atoms with Crippen molar-refractivity contribution in [3.05, 3.63) is 11.8 Å². The van der Waals surface area contributed by atoms with Gasteiger partial charge in [-0.2, -0.15) is 0 Å². The lowest BCUT2D eigenvalue weighted by Gasteiger charge is -2.27. The average molecular weight is 314 g/mol. The molecule has 0 bridgehead atoms. The molecule has 1 atom stereocenters. The van der Waals surface area contributed by atoms with Crippen LogP contribution in [0.4, 0.5) is 0 Å². The highest BCUT2D eigenvalue weighted by Crippen LogP contribution is 2.13. The van der Waals surface area contributed by atoms with Crippen LogP contribution in [0.2, 0.25) is 0 Å². The zero-order chi connectivity index (χ0) is 17.5. The van der Waals surface area contributed by atoms with Crippen LogP contribution in [0.5, 0.6) is 0 Å². The predicted octanol–water partition coefficient (Wildman–Crippen LogP) is 1.05. The maximum absolute atomic E-state index is 12.1. The van der Waals surface area contributed by atoms with Crippen molar-refractivity contribution in [1.82, 2.24) is 10.6 Å². The number of carbonyl (C=O) groups is 3. The maximum Gasteiger partial charge on any atom is 0.329 e. The van der Waals surface area contributed by atoms with Crippen molar-refractivity contribution in [3.8, 4) is 0 Å². The third-order valence-corrected chi connectivity index (χ3v) is 2.47. The minimum Gasteiger partial charge on any atom is -0.480 e.